The van der Waals surface area contributed by atoms with E-state index in [4.69, 9.17) is 0 Å². The van der Waals surface area contributed by atoms with E-state index in [0.717, 1.165) is 6.26 Å². The lowest BCUT2D eigenvalue weighted by molar-refractivity contribution is -0.385. The lowest BCUT2D eigenvalue weighted by Crippen LogP contribution is -2.25. The predicted molar refractivity (Wildman–Crippen MR) is 70.6 cm³/mol. The van der Waals surface area contributed by atoms with Crippen LogP contribution >= 0.6 is 0 Å². The Kier molecular flexibility index (Phi) is 4.28. The summed E-state index contributed by atoms with van der Waals surface area (Å²) < 4.78 is 22.2. The van der Waals surface area contributed by atoms with Crippen LogP contribution in [0.5, 0.6) is 0 Å². The first-order valence-corrected chi connectivity index (χ1v) is 7.44. The summed E-state index contributed by atoms with van der Waals surface area (Å²) in [5, 5.41) is 13.7. The summed E-state index contributed by atoms with van der Waals surface area (Å²) in [5.74, 6) is -0.0192. The van der Waals surface area contributed by atoms with Gasteiger partial charge in [0.05, 0.1) is 10.7 Å². The number of nitrogens with one attached hydrogen (secondary N) is 1. The third-order valence-corrected chi connectivity index (χ3v) is 3.48. The molecule has 18 heavy (non-hydrogen) atoms. The van der Waals surface area contributed by atoms with Crippen LogP contribution in [0.4, 0.5) is 11.4 Å². The van der Waals surface area contributed by atoms with E-state index in [-0.39, 0.29) is 17.5 Å². The van der Waals surface area contributed by atoms with E-state index in [1.807, 2.05) is 0 Å². The number of nitrogens with zero attached hydrogens (tertiary/aromatic N) is 1. The molecular formula is C11H16N2O4S. The zero-order valence-electron chi connectivity index (χ0n) is 10.5. The molecule has 100 valence electrons. The van der Waals surface area contributed by atoms with Gasteiger partial charge in [0.2, 0.25) is 0 Å². The van der Waals surface area contributed by atoms with Crippen LogP contribution in [-0.2, 0) is 9.84 Å². The zero-order valence-corrected chi connectivity index (χ0v) is 11.3. The number of benzene rings is 1. The molecule has 1 aromatic carbocycles. The second kappa shape index (κ2) is 5.34. The maximum atomic E-state index is 11.1. The van der Waals surface area contributed by atoms with E-state index in [0.29, 0.717) is 11.3 Å². The third kappa shape index (κ3) is 4.33. The standard InChI is InChI=1S/C11H16N2O4S/c1-8-4-5-10(6-11(8)13(14)15)12-9(2)7-18(3,16)17/h4-6,9,12H,7H2,1-3H3. The molecule has 0 saturated carbocycles. The van der Waals surface area contributed by atoms with E-state index >= 15 is 0 Å². The third-order valence-electron chi connectivity index (χ3n) is 2.37. The van der Waals surface area contributed by atoms with Crippen molar-refractivity contribution in [2.75, 3.05) is 17.3 Å². The molecule has 0 spiro atoms. The summed E-state index contributed by atoms with van der Waals surface area (Å²) in [7, 11) is -3.07. The van der Waals surface area contributed by atoms with Crippen molar-refractivity contribution in [2.45, 2.75) is 19.9 Å². The summed E-state index contributed by atoms with van der Waals surface area (Å²) in [6.07, 6.45) is 1.16. The van der Waals surface area contributed by atoms with E-state index in [1.165, 1.54) is 6.07 Å². The van der Waals surface area contributed by atoms with Crippen LogP contribution in [0, 0.1) is 17.0 Å². The molecule has 7 heteroatoms. The summed E-state index contributed by atoms with van der Waals surface area (Å²) in [6.45, 7) is 3.37. The normalized spacial score (nSPS) is 13.1. The quantitative estimate of drug-likeness (QED) is 0.651. The molecule has 1 atom stereocenters. The van der Waals surface area contributed by atoms with Crippen LogP contribution in [0.2, 0.25) is 0 Å². The van der Waals surface area contributed by atoms with Crippen molar-refractivity contribution in [3.63, 3.8) is 0 Å². The van der Waals surface area contributed by atoms with Crippen LogP contribution in [0.25, 0.3) is 0 Å². The van der Waals surface area contributed by atoms with E-state index in [1.54, 1.807) is 26.0 Å². The number of anilines is 1. The molecule has 0 aliphatic rings. The van der Waals surface area contributed by atoms with E-state index in [9.17, 15) is 18.5 Å². The molecule has 0 aliphatic carbocycles. The van der Waals surface area contributed by atoms with Crippen LogP contribution in [0.15, 0.2) is 18.2 Å². The fraction of sp³-hybridized carbons (Fsp3) is 0.455. The van der Waals surface area contributed by atoms with Gasteiger partial charge in [0, 0.05) is 29.6 Å². The highest BCUT2D eigenvalue weighted by Gasteiger charge is 2.14. The number of rotatable bonds is 5. The average Bonchev–Trinajstić information content (AvgIpc) is 2.17. The topological polar surface area (TPSA) is 89.3 Å². The predicted octanol–water partition coefficient (Wildman–Crippen LogP) is 1.75. The van der Waals surface area contributed by atoms with Crippen molar-refractivity contribution in [1.82, 2.24) is 0 Å². The Morgan fingerprint density at radius 2 is 2.06 bits per heavy atom. The maximum Gasteiger partial charge on any atom is 0.274 e. The molecule has 1 unspecified atom stereocenters. The molecule has 0 aliphatic heterocycles. The number of nitro groups is 1. The maximum absolute atomic E-state index is 11.1. The molecule has 0 fully saturated rings. The summed E-state index contributed by atoms with van der Waals surface area (Å²) in [4.78, 5) is 10.3. The fourth-order valence-electron chi connectivity index (χ4n) is 1.68. The van der Waals surface area contributed by atoms with Gasteiger partial charge in [0.1, 0.15) is 9.84 Å². The molecule has 0 amide bonds. The van der Waals surface area contributed by atoms with Crippen molar-refractivity contribution in [3.8, 4) is 0 Å². The fourth-order valence-corrected chi connectivity index (χ4v) is 2.67. The minimum atomic E-state index is -3.07. The van der Waals surface area contributed by atoms with Gasteiger partial charge in [0.15, 0.2) is 0 Å². The van der Waals surface area contributed by atoms with Gasteiger partial charge in [-0.1, -0.05) is 6.07 Å². The monoisotopic (exact) mass is 272 g/mol. The summed E-state index contributed by atoms with van der Waals surface area (Å²) in [5.41, 5.74) is 1.14. The second-order valence-electron chi connectivity index (χ2n) is 4.40. The van der Waals surface area contributed by atoms with Crippen molar-refractivity contribution >= 4 is 21.2 Å². The van der Waals surface area contributed by atoms with Gasteiger partial charge in [-0.3, -0.25) is 10.1 Å². The van der Waals surface area contributed by atoms with Gasteiger partial charge in [0.25, 0.3) is 5.69 Å². The lowest BCUT2D eigenvalue weighted by Gasteiger charge is -2.14. The van der Waals surface area contributed by atoms with Crippen molar-refractivity contribution in [1.29, 1.82) is 0 Å². The van der Waals surface area contributed by atoms with Crippen LogP contribution in [-0.4, -0.2) is 31.4 Å². The zero-order chi connectivity index (χ0) is 13.9. The molecule has 0 radical (unpaired) electrons. The number of nitro benzene ring substituents is 1. The SMILES string of the molecule is Cc1ccc(NC(C)CS(C)(=O)=O)cc1[N+](=O)[O-]. The van der Waals surface area contributed by atoms with Crippen LogP contribution in [0.1, 0.15) is 12.5 Å². The van der Waals surface area contributed by atoms with E-state index < -0.39 is 14.8 Å². The molecular weight excluding hydrogens is 256 g/mol. The van der Waals surface area contributed by atoms with Gasteiger partial charge in [-0.05, 0) is 19.9 Å². The van der Waals surface area contributed by atoms with Crippen molar-refractivity contribution in [3.05, 3.63) is 33.9 Å². The number of hydrogen-bond acceptors (Lipinski definition) is 5. The molecule has 1 aromatic rings. The van der Waals surface area contributed by atoms with Gasteiger partial charge in [-0.2, -0.15) is 0 Å². The molecule has 6 nitrogen and oxygen atoms in total. The van der Waals surface area contributed by atoms with Gasteiger partial charge in [-0.25, -0.2) is 8.42 Å². The summed E-state index contributed by atoms with van der Waals surface area (Å²) in [6, 6.07) is 4.44. The Balaban J connectivity index is 2.86. The number of aryl methyl sites for hydroxylation is 1. The van der Waals surface area contributed by atoms with Crippen molar-refractivity contribution in [2.24, 2.45) is 0 Å². The molecule has 0 heterocycles. The molecule has 1 rings (SSSR count). The first-order chi connectivity index (χ1) is 8.19. The second-order valence-corrected chi connectivity index (χ2v) is 6.58. The first-order valence-electron chi connectivity index (χ1n) is 5.38. The molecule has 0 bridgehead atoms. The Labute approximate surface area is 106 Å². The highest BCUT2D eigenvalue weighted by atomic mass is 32.2. The molecule has 1 N–H and O–H groups in total. The highest BCUT2D eigenvalue weighted by Crippen LogP contribution is 2.22. The highest BCUT2D eigenvalue weighted by molar-refractivity contribution is 7.90. The molecule has 0 aromatic heterocycles. The summed E-state index contributed by atoms with van der Waals surface area (Å²) >= 11 is 0. The Bertz CT molecular complexity index is 554. The lowest BCUT2D eigenvalue weighted by atomic mass is 10.2. The Hall–Kier alpha value is -1.63. The molecule has 0 saturated heterocycles. The number of sulfone groups is 1. The van der Waals surface area contributed by atoms with Crippen LogP contribution < -0.4 is 5.32 Å². The van der Waals surface area contributed by atoms with Gasteiger partial charge in [-0.15, -0.1) is 0 Å². The largest absolute Gasteiger partial charge is 0.381 e. The van der Waals surface area contributed by atoms with E-state index in [2.05, 4.69) is 5.32 Å². The smallest absolute Gasteiger partial charge is 0.274 e. The minimum absolute atomic E-state index is 0.0192. The first kappa shape index (κ1) is 14.4. The Morgan fingerprint density at radius 3 is 2.56 bits per heavy atom. The average molecular weight is 272 g/mol. The number of hydrogen-bond donors (Lipinski definition) is 1. The van der Waals surface area contributed by atoms with Crippen molar-refractivity contribution < 1.29 is 13.3 Å². The van der Waals surface area contributed by atoms with Gasteiger partial charge >= 0.3 is 0 Å². The minimum Gasteiger partial charge on any atom is -0.381 e. The van der Waals surface area contributed by atoms with Crippen LogP contribution in [0.3, 0.4) is 0 Å². The van der Waals surface area contributed by atoms with Gasteiger partial charge < -0.3 is 5.32 Å². The Morgan fingerprint density at radius 1 is 1.44 bits per heavy atom.